The zero-order chi connectivity index (χ0) is 34.7. The molecule has 1 heterocycles. The molecule has 0 saturated carbocycles. The zero-order valence-corrected chi connectivity index (χ0v) is 26.7. The van der Waals surface area contributed by atoms with Gasteiger partial charge >= 0.3 is 6.18 Å². The van der Waals surface area contributed by atoms with Crippen molar-refractivity contribution in [2.24, 2.45) is 0 Å². The molecule has 0 aliphatic rings. The van der Waals surface area contributed by atoms with Crippen LogP contribution in [0.5, 0.6) is 0 Å². The second kappa shape index (κ2) is 13.7. The smallest absolute Gasteiger partial charge is 0.381 e. The molecule has 4 aromatic rings. The van der Waals surface area contributed by atoms with Crippen LogP contribution < -0.4 is 16.0 Å². The molecule has 0 bridgehead atoms. The van der Waals surface area contributed by atoms with Gasteiger partial charge < -0.3 is 21.1 Å². The van der Waals surface area contributed by atoms with Crippen LogP contribution in [0.1, 0.15) is 29.8 Å². The summed E-state index contributed by atoms with van der Waals surface area (Å²) in [5, 5.41) is 23.4. The molecule has 0 spiro atoms. The summed E-state index contributed by atoms with van der Waals surface area (Å²) in [7, 11) is -3.07. The highest BCUT2D eigenvalue weighted by molar-refractivity contribution is 7.89. The van der Waals surface area contributed by atoms with Gasteiger partial charge in [0.05, 0.1) is 35.4 Å². The van der Waals surface area contributed by atoms with E-state index in [4.69, 9.17) is 0 Å². The normalized spacial score (nSPS) is 14.1. The number of hydrogen-bond donors (Lipinski definition) is 4. The first-order valence-corrected chi connectivity index (χ1v) is 15.8. The molecule has 0 radical (unpaired) electrons. The molecule has 4 N–H and O–H groups in total. The van der Waals surface area contributed by atoms with Crippen LogP contribution in [0.3, 0.4) is 0 Å². The standard InChI is InChI=1S/C31H34F4N6O5S/c1-5-40(47(45,46)24-11-9-22(32)10-12-24)18-30(44,31(33,34)35)17-37-26-13-19(2)14-27-25(26)16-38-41(27)23-8-6-7-21(15-23)29(43)39-20(3)28(42)36-4/h6-16,20,37,44H,5,17-18H2,1-4H3,(H,36,42)(H,39,43)/t20-,30?/m1/s1. The molecule has 252 valence electrons. The van der Waals surface area contributed by atoms with Crippen LogP contribution in [-0.4, -0.2) is 83.9 Å². The van der Waals surface area contributed by atoms with Gasteiger partial charge in [0.1, 0.15) is 11.9 Å². The summed E-state index contributed by atoms with van der Waals surface area (Å²) in [6.07, 6.45) is -3.85. The first-order chi connectivity index (χ1) is 22.0. The summed E-state index contributed by atoms with van der Waals surface area (Å²) >= 11 is 0. The van der Waals surface area contributed by atoms with Crippen LogP contribution in [0.2, 0.25) is 0 Å². The van der Waals surface area contributed by atoms with Crippen molar-refractivity contribution in [3.8, 4) is 5.69 Å². The molecule has 2 amide bonds. The molecule has 4 rings (SSSR count). The average molecular weight is 679 g/mol. The molecule has 16 heteroatoms. The van der Waals surface area contributed by atoms with Gasteiger partial charge in [-0.3, -0.25) is 9.59 Å². The monoisotopic (exact) mass is 678 g/mol. The third kappa shape index (κ3) is 7.55. The molecule has 0 saturated heterocycles. The van der Waals surface area contributed by atoms with E-state index in [0.717, 1.165) is 24.3 Å². The summed E-state index contributed by atoms with van der Waals surface area (Å²) in [4.78, 5) is 24.2. The number of rotatable bonds is 12. The number of aliphatic hydroxyl groups is 1. The largest absolute Gasteiger partial charge is 0.420 e. The van der Waals surface area contributed by atoms with E-state index in [2.05, 4.69) is 21.0 Å². The Morgan fingerprint density at radius 1 is 1.09 bits per heavy atom. The van der Waals surface area contributed by atoms with Crippen molar-refractivity contribution >= 4 is 38.4 Å². The average Bonchev–Trinajstić information content (AvgIpc) is 3.45. The van der Waals surface area contributed by atoms with Gasteiger partial charge in [0.15, 0.2) is 5.60 Å². The Morgan fingerprint density at radius 2 is 1.77 bits per heavy atom. The molecule has 0 aliphatic heterocycles. The third-order valence-electron chi connectivity index (χ3n) is 7.51. The van der Waals surface area contributed by atoms with Crippen LogP contribution in [-0.2, 0) is 14.8 Å². The van der Waals surface area contributed by atoms with E-state index >= 15 is 0 Å². The van der Waals surface area contributed by atoms with Gasteiger partial charge in [-0.1, -0.05) is 13.0 Å². The highest BCUT2D eigenvalue weighted by Crippen LogP contribution is 2.35. The van der Waals surface area contributed by atoms with Gasteiger partial charge in [0.25, 0.3) is 5.91 Å². The Morgan fingerprint density at radius 3 is 2.38 bits per heavy atom. The fourth-order valence-corrected chi connectivity index (χ4v) is 6.36. The predicted octanol–water partition coefficient (Wildman–Crippen LogP) is 3.75. The molecule has 47 heavy (non-hydrogen) atoms. The van der Waals surface area contributed by atoms with Crippen molar-refractivity contribution in [3.63, 3.8) is 0 Å². The minimum absolute atomic E-state index is 0.187. The lowest BCUT2D eigenvalue weighted by atomic mass is 10.0. The van der Waals surface area contributed by atoms with Gasteiger partial charge in [-0.15, -0.1) is 0 Å². The molecule has 1 aromatic heterocycles. The molecule has 11 nitrogen and oxygen atoms in total. The van der Waals surface area contributed by atoms with Crippen LogP contribution in [0.25, 0.3) is 16.6 Å². The minimum atomic E-state index is -5.25. The van der Waals surface area contributed by atoms with E-state index in [1.54, 1.807) is 37.3 Å². The Bertz CT molecular complexity index is 1880. The highest BCUT2D eigenvalue weighted by atomic mass is 32.2. The van der Waals surface area contributed by atoms with Crippen molar-refractivity contribution in [2.45, 2.75) is 43.5 Å². The number of fused-ring (bicyclic) bond motifs is 1. The summed E-state index contributed by atoms with van der Waals surface area (Å²) in [5.41, 5.74) is -1.57. The second-order valence-corrected chi connectivity index (χ2v) is 12.9. The summed E-state index contributed by atoms with van der Waals surface area (Å²) in [6, 6.07) is 12.5. The number of hydrogen-bond acceptors (Lipinski definition) is 7. The number of nitrogens with one attached hydrogen (secondary N) is 3. The Hall–Kier alpha value is -4.54. The number of amides is 2. The van der Waals surface area contributed by atoms with E-state index in [-0.39, 0.29) is 17.2 Å². The maximum Gasteiger partial charge on any atom is 0.420 e. The zero-order valence-electron chi connectivity index (χ0n) is 25.9. The number of halogens is 4. The number of aromatic nitrogens is 2. The van der Waals surface area contributed by atoms with Gasteiger partial charge in [0.2, 0.25) is 15.9 Å². The van der Waals surface area contributed by atoms with E-state index in [0.29, 0.717) is 26.5 Å². The molecule has 0 fully saturated rings. The van der Waals surface area contributed by atoms with Gasteiger partial charge in [-0.05, 0) is 74.0 Å². The first kappa shape index (κ1) is 35.3. The Kier molecular flexibility index (Phi) is 10.3. The number of carbonyl (C=O) groups is 2. The van der Waals surface area contributed by atoms with Crippen molar-refractivity contribution < 1.29 is 40.7 Å². The van der Waals surface area contributed by atoms with Crippen molar-refractivity contribution in [2.75, 3.05) is 32.0 Å². The maximum absolute atomic E-state index is 14.4. The van der Waals surface area contributed by atoms with E-state index in [1.165, 1.54) is 37.8 Å². The van der Waals surface area contributed by atoms with Crippen LogP contribution in [0, 0.1) is 12.7 Å². The number of aryl methyl sites for hydroxylation is 1. The number of benzene rings is 3. The molecule has 1 unspecified atom stereocenters. The second-order valence-electron chi connectivity index (χ2n) is 10.9. The summed E-state index contributed by atoms with van der Waals surface area (Å²) in [6.45, 7) is 1.71. The molecular formula is C31H34F4N6O5S. The summed E-state index contributed by atoms with van der Waals surface area (Å²) in [5.74, 6) is -1.61. The first-order valence-electron chi connectivity index (χ1n) is 14.4. The van der Waals surface area contributed by atoms with Crippen LogP contribution >= 0.6 is 0 Å². The lowest BCUT2D eigenvalue weighted by Gasteiger charge is -2.35. The van der Waals surface area contributed by atoms with E-state index in [9.17, 15) is 40.7 Å². The topological polar surface area (TPSA) is 146 Å². The van der Waals surface area contributed by atoms with Crippen LogP contribution in [0.15, 0.2) is 71.8 Å². The van der Waals surface area contributed by atoms with Gasteiger partial charge in [-0.2, -0.15) is 22.6 Å². The summed E-state index contributed by atoms with van der Waals surface area (Å²) < 4.78 is 84.7. The number of nitrogens with zero attached hydrogens (tertiary/aromatic N) is 3. The number of carbonyl (C=O) groups excluding carboxylic acids is 2. The number of alkyl halides is 3. The van der Waals surface area contributed by atoms with Gasteiger partial charge in [0, 0.05) is 30.2 Å². The van der Waals surface area contributed by atoms with Gasteiger partial charge in [-0.25, -0.2) is 17.5 Å². The fourth-order valence-electron chi connectivity index (χ4n) is 4.86. The lowest BCUT2D eigenvalue weighted by molar-refractivity contribution is -0.255. The SMILES string of the molecule is CCN(CC(O)(CNc1cc(C)cc2c1cnn2-c1cccc(C(=O)N[C@H](C)C(=O)NC)c1)C(F)(F)F)S(=O)(=O)c1ccc(F)cc1. The van der Waals surface area contributed by atoms with Crippen molar-refractivity contribution in [1.82, 2.24) is 24.7 Å². The lowest BCUT2D eigenvalue weighted by Crippen LogP contribution is -2.58. The molecule has 0 aliphatic carbocycles. The quantitative estimate of drug-likeness (QED) is 0.167. The highest BCUT2D eigenvalue weighted by Gasteiger charge is 2.55. The third-order valence-corrected chi connectivity index (χ3v) is 9.45. The molecule has 3 aromatic carbocycles. The van der Waals surface area contributed by atoms with E-state index in [1.807, 2.05) is 0 Å². The number of likely N-dealkylation sites (N-methyl/N-ethyl adjacent to an activating group) is 2. The Balaban J connectivity index is 1.63. The van der Waals surface area contributed by atoms with Crippen molar-refractivity contribution in [1.29, 1.82) is 0 Å². The van der Waals surface area contributed by atoms with Crippen molar-refractivity contribution in [3.05, 3.63) is 83.8 Å². The fraction of sp³-hybridized carbons (Fsp3) is 0.323. The minimum Gasteiger partial charge on any atom is -0.381 e. The van der Waals surface area contributed by atoms with Crippen LogP contribution in [0.4, 0.5) is 23.2 Å². The number of sulfonamides is 1. The van der Waals surface area contributed by atoms with E-state index < -0.39 is 64.1 Å². The molecular weight excluding hydrogens is 644 g/mol. The Labute approximate surface area is 268 Å². The maximum atomic E-state index is 14.4. The predicted molar refractivity (Wildman–Crippen MR) is 167 cm³/mol. The molecule has 2 atom stereocenters. The number of anilines is 1.